The third-order valence-corrected chi connectivity index (χ3v) is 7.80. The second-order valence-electron chi connectivity index (χ2n) is 8.10. The third kappa shape index (κ3) is 5.07. The van der Waals surface area contributed by atoms with E-state index < -0.39 is 28.5 Å². The predicted molar refractivity (Wildman–Crippen MR) is 127 cm³/mol. The van der Waals surface area contributed by atoms with Crippen LogP contribution in [0.4, 0.5) is 5.69 Å². The van der Waals surface area contributed by atoms with Gasteiger partial charge in [-0.05, 0) is 48.9 Å². The van der Waals surface area contributed by atoms with Crippen molar-refractivity contribution in [2.75, 3.05) is 25.0 Å². The molecule has 4 rings (SSSR count). The van der Waals surface area contributed by atoms with Gasteiger partial charge < -0.3 is 10.1 Å². The number of carbonyl (C=O) groups excluding carboxylic acids is 2. The van der Waals surface area contributed by atoms with Crippen molar-refractivity contribution in [1.29, 1.82) is 0 Å². The molecule has 1 aliphatic rings. The van der Waals surface area contributed by atoms with Crippen molar-refractivity contribution < 1.29 is 22.7 Å². The fourth-order valence-corrected chi connectivity index (χ4v) is 5.75. The molecule has 3 aromatic carbocycles. The van der Waals surface area contributed by atoms with E-state index in [1.165, 1.54) is 16.4 Å². The number of piperidine rings is 1. The number of aryl methyl sites for hydroxylation is 1. The average molecular weight is 467 g/mol. The molecule has 1 N–H and O–H groups in total. The molecule has 1 amide bonds. The van der Waals surface area contributed by atoms with Crippen LogP contribution in [0.25, 0.3) is 10.8 Å². The number of anilines is 1. The second kappa shape index (κ2) is 9.72. The first-order valence-electron chi connectivity index (χ1n) is 10.9. The van der Waals surface area contributed by atoms with Gasteiger partial charge in [-0.25, -0.2) is 13.2 Å². The molecule has 0 radical (unpaired) electrons. The first-order valence-corrected chi connectivity index (χ1v) is 12.4. The van der Waals surface area contributed by atoms with Gasteiger partial charge in [-0.2, -0.15) is 4.31 Å². The SMILES string of the molecule is Cc1ccc(C(=O)OCC(=O)Nc2cccc3ccccc23)cc1S(=O)(=O)N1CCCCC1. The molecular formula is C25H26N2O5S. The Kier molecular flexibility index (Phi) is 6.76. The van der Waals surface area contributed by atoms with E-state index in [-0.39, 0.29) is 10.5 Å². The highest BCUT2D eigenvalue weighted by atomic mass is 32.2. The van der Waals surface area contributed by atoms with Crippen LogP contribution in [-0.2, 0) is 19.6 Å². The number of carbonyl (C=O) groups is 2. The second-order valence-corrected chi connectivity index (χ2v) is 10.0. The molecule has 1 saturated heterocycles. The number of sulfonamides is 1. The summed E-state index contributed by atoms with van der Waals surface area (Å²) in [4.78, 5) is 25.1. The van der Waals surface area contributed by atoms with E-state index in [4.69, 9.17) is 4.74 Å². The number of amides is 1. The van der Waals surface area contributed by atoms with Crippen LogP contribution in [0.1, 0.15) is 35.2 Å². The molecule has 0 unspecified atom stereocenters. The van der Waals surface area contributed by atoms with Gasteiger partial charge in [-0.1, -0.05) is 48.9 Å². The smallest absolute Gasteiger partial charge is 0.338 e. The highest BCUT2D eigenvalue weighted by Gasteiger charge is 2.28. The zero-order valence-corrected chi connectivity index (χ0v) is 19.2. The first kappa shape index (κ1) is 22.9. The molecule has 1 heterocycles. The summed E-state index contributed by atoms with van der Waals surface area (Å²) in [6.45, 7) is 2.17. The lowest BCUT2D eigenvalue weighted by molar-refractivity contribution is -0.119. The van der Waals surface area contributed by atoms with E-state index in [0.29, 0.717) is 24.3 Å². The van der Waals surface area contributed by atoms with Gasteiger partial charge in [-0.3, -0.25) is 4.79 Å². The molecule has 0 aliphatic carbocycles. The normalized spacial score (nSPS) is 14.7. The van der Waals surface area contributed by atoms with Gasteiger partial charge in [0.2, 0.25) is 10.0 Å². The monoisotopic (exact) mass is 466 g/mol. The quantitative estimate of drug-likeness (QED) is 0.552. The van der Waals surface area contributed by atoms with Crippen LogP contribution < -0.4 is 5.32 Å². The molecule has 0 atom stereocenters. The lowest BCUT2D eigenvalue weighted by atomic mass is 10.1. The van der Waals surface area contributed by atoms with Crippen LogP contribution in [-0.4, -0.2) is 44.3 Å². The minimum Gasteiger partial charge on any atom is -0.452 e. The molecule has 0 bridgehead atoms. The van der Waals surface area contributed by atoms with Crippen molar-refractivity contribution in [2.24, 2.45) is 0 Å². The summed E-state index contributed by atoms with van der Waals surface area (Å²) in [5, 5.41) is 4.62. The first-order chi connectivity index (χ1) is 15.9. The zero-order chi connectivity index (χ0) is 23.4. The fraction of sp³-hybridized carbons (Fsp3) is 0.280. The van der Waals surface area contributed by atoms with Gasteiger partial charge in [0.15, 0.2) is 6.61 Å². The Hall–Kier alpha value is -3.23. The Balaban J connectivity index is 1.44. The Morgan fingerprint density at radius 2 is 1.70 bits per heavy atom. The number of rotatable bonds is 6. The summed E-state index contributed by atoms with van der Waals surface area (Å²) in [5.74, 6) is -1.23. The topological polar surface area (TPSA) is 92.8 Å². The maximum absolute atomic E-state index is 13.1. The third-order valence-electron chi connectivity index (χ3n) is 5.75. The summed E-state index contributed by atoms with van der Waals surface area (Å²) in [6.07, 6.45) is 2.66. The van der Waals surface area contributed by atoms with E-state index in [1.807, 2.05) is 36.4 Å². The Labute approximate surface area is 193 Å². The lowest BCUT2D eigenvalue weighted by Gasteiger charge is -2.26. The van der Waals surface area contributed by atoms with Crippen LogP contribution in [0.2, 0.25) is 0 Å². The van der Waals surface area contributed by atoms with Crippen LogP contribution in [0.5, 0.6) is 0 Å². The van der Waals surface area contributed by atoms with Crippen molar-refractivity contribution in [3.05, 3.63) is 71.8 Å². The summed E-state index contributed by atoms with van der Waals surface area (Å²) in [6, 6.07) is 17.6. The molecule has 172 valence electrons. The number of benzene rings is 3. The fourth-order valence-electron chi connectivity index (χ4n) is 3.98. The summed E-state index contributed by atoms with van der Waals surface area (Å²) in [5.41, 5.74) is 1.28. The number of hydrogen-bond acceptors (Lipinski definition) is 5. The molecule has 0 spiro atoms. The molecule has 8 heteroatoms. The van der Waals surface area contributed by atoms with Crippen molar-refractivity contribution in [3.8, 4) is 0 Å². The number of nitrogens with zero attached hydrogens (tertiary/aromatic N) is 1. The zero-order valence-electron chi connectivity index (χ0n) is 18.4. The Morgan fingerprint density at radius 1 is 0.970 bits per heavy atom. The maximum atomic E-state index is 13.1. The highest BCUT2D eigenvalue weighted by Crippen LogP contribution is 2.25. The van der Waals surface area contributed by atoms with E-state index in [1.54, 1.807) is 19.1 Å². The van der Waals surface area contributed by atoms with E-state index in [2.05, 4.69) is 5.32 Å². The van der Waals surface area contributed by atoms with Gasteiger partial charge in [0, 0.05) is 24.2 Å². The van der Waals surface area contributed by atoms with Gasteiger partial charge in [0.1, 0.15) is 0 Å². The molecule has 1 fully saturated rings. The van der Waals surface area contributed by atoms with Crippen molar-refractivity contribution >= 4 is 38.4 Å². The van der Waals surface area contributed by atoms with Gasteiger partial charge >= 0.3 is 5.97 Å². The summed E-state index contributed by atoms with van der Waals surface area (Å²) < 4.78 is 32.8. The average Bonchev–Trinajstić information content (AvgIpc) is 2.83. The van der Waals surface area contributed by atoms with Crippen molar-refractivity contribution in [2.45, 2.75) is 31.1 Å². The standard InChI is InChI=1S/C25H26N2O5S/c1-18-12-13-20(16-23(18)33(30,31)27-14-5-2-6-15-27)25(29)32-17-24(28)26-22-11-7-9-19-8-3-4-10-21(19)22/h3-4,7-13,16H,2,5-6,14-15,17H2,1H3,(H,26,28). The largest absolute Gasteiger partial charge is 0.452 e. The molecule has 3 aromatic rings. The molecular weight excluding hydrogens is 440 g/mol. The van der Waals surface area contributed by atoms with E-state index in [0.717, 1.165) is 30.0 Å². The Morgan fingerprint density at radius 3 is 2.48 bits per heavy atom. The van der Waals surface area contributed by atoms with Gasteiger partial charge in [-0.15, -0.1) is 0 Å². The Bertz CT molecular complexity index is 1290. The van der Waals surface area contributed by atoms with Gasteiger partial charge in [0.05, 0.1) is 10.5 Å². The number of hydrogen-bond donors (Lipinski definition) is 1. The van der Waals surface area contributed by atoms with E-state index >= 15 is 0 Å². The number of ether oxygens (including phenoxy) is 1. The molecule has 33 heavy (non-hydrogen) atoms. The van der Waals surface area contributed by atoms with Crippen LogP contribution in [0.3, 0.4) is 0 Å². The lowest BCUT2D eigenvalue weighted by Crippen LogP contribution is -2.36. The van der Waals surface area contributed by atoms with E-state index in [9.17, 15) is 18.0 Å². The highest BCUT2D eigenvalue weighted by molar-refractivity contribution is 7.89. The number of fused-ring (bicyclic) bond motifs is 1. The molecule has 7 nitrogen and oxygen atoms in total. The molecule has 1 aliphatic heterocycles. The predicted octanol–water partition coefficient (Wildman–Crippen LogP) is 4.12. The maximum Gasteiger partial charge on any atom is 0.338 e. The van der Waals surface area contributed by atoms with Crippen molar-refractivity contribution in [3.63, 3.8) is 0 Å². The van der Waals surface area contributed by atoms with Crippen LogP contribution >= 0.6 is 0 Å². The van der Waals surface area contributed by atoms with Crippen LogP contribution in [0, 0.1) is 6.92 Å². The summed E-state index contributed by atoms with van der Waals surface area (Å²) in [7, 11) is -3.70. The summed E-state index contributed by atoms with van der Waals surface area (Å²) >= 11 is 0. The number of esters is 1. The minimum atomic E-state index is -3.70. The van der Waals surface area contributed by atoms with Crippen molar-refractivity contribution in [1.82, 2.24) is 4.31 Å². The molecule has 0 aromatic heterocycles. The van der Waals surface area contributed by atoms with Crippen LogP contribution in [0.15, 0.2) is 65.6 Å². The number of nitrogens with one attached hydrogen (secondary N) is 1. The van der Waals surface area contributed by atoms with Gasteiger partial charge in [0.25, 0.3) is 5.91 Å². The minimum absolute atomic E-state index is 0.0918. The molecule has 0 saturated carbocycles.